The number of hydrogen-bond donors (Lipinski definition) is 1. The summed E-state index contributed by atoms with van der Waals surface area (Å²) in [6, 6.07) is 14.9. The normalized spacial score (nSPS) is 16.3. The molecule has 164 valence electrons. The lowest BCUT2D eigenvalue weighted by molar-refractivity contribution is 0.525. The molecule has 0 radical (unpaired) electrons. The van der Waals surface area contributed by atoms with Crippen LogP contribution in [-0.2, 0) is 13.1 Å². The van der Waals surface area contributed by atoms with Crippen LogP contribution in [0.25, 0.3) is 5.57 Å². The Labute approximate surface area is 191 Å². The standard InChI is InChI=1S/C28H32N4/c1-20-12-21(2)28(22(3)13-20)25-6-4-5-7-26(14-25)31-17-27-16-30-19-32(27)18-24-10-8-23(15-29)9-11-24/h8-14,16,19,26,31H,4-7,17-18H2,1-3H3. The fourth-order valence-corrected chi connectivity index (χ4v) is 4.90. The molecule has 0 bridgehead atoms. The smallest absolute Gasteiger partial charge is 0.0991 e. The molecule has 1 atom stereocenters. The van der Waals surface area contributed by atoms with E-state index in [1.807, 2.05) is 36.8 Å². The summed E-state index contributed by atoms with van der Waals surface area (Å²) in [5.74, 6) is 0. The summed E-state index contributed by atoms with van der Waals surface area (Å²) in [6.07, 6.45) is 11.1. The third kappa shape index (κ3) is 5.18. The zero-order chi connectivity index (χ0) is 22.5. The first kappa shape index (κ1) is 22.0. The van der Waals surface area contributed by atoms with Gasteiger partial charge in [0, 0.05) is 25.3 Å². The molecular formula is C28H32N4. The molecule has 1 heterocycles. The number of nitrogens with one attached hydrogen (secondary N) is 1. The molecule has 4 heteroatoms. The van der Waals surface area contributed by atoms with Crippen molar-refractivity contribution in [1.29, 1.82) is 5.26 Å². The van der Waals surface area contributed by atoms with E-state index in [0.29, 0.717) is 11.6 Å². The molecule has 1 aromatic heterocycles. The SMILES string of the molecule is Cc1cc(C)c(C2=CC(NCc3cncn3Cc3ccc(C#N)cc3)CCCC2)c(C)c1. The Morgan fingerprint density at radius 3 is 2.56 bits per heavy atom. The van der Waals surface area contributed by atoms with Gasteiger partial charge >= 0.3 is 0 Å². The predicted molar refractivity (Wildman–Crippen MR) is 130 cm³/mol. The number of hydrogen-bond acceptors (Lipinski definition) is 3. The highest BCUT2D eigenvalue weighted by Crippen LogP contribution is 2.31. The first-order chi connectivity index (χ1) is 15.5. The van der Waals surface area contributed by atoms with Crippen LogP contribution in [0.4, 0.5) is 0 Å². The molecule has 4 nitrogen and oxygen atoms in total. The van der Waals surface area contributed by atoms with E-state index in [0.717, 1.165) is 25.9 Å². The van der Waals surface area contributed by atoms with E-state index < -0.39 is 0 Å². The second-order valence-corrected chi connectivity index (χ2v) is 9.02. The maximum Gasteiger partial charge on any atom is 0.0991 e. The third-order valence-corrected chi connectivity index (χ3v) is 6.39. The van der Waals surface area contributed by atoms with E-state index >= 15 is 0 Å². The highest BCUT2D eigenvalue weighted by molar-refractivity contribution is 5.72. The summed E-state index contributed by atoms with van der Waals surface area (Å²) in [5, 5.41) is 12.8. The molecule has 4 rings (SSSR count). The fourth-order valence-electron chi connectivity index (χ4n) is 4.90. The van der Waals surface area contributed by atoms with Crippen molar-refractivity contribution in [2.45, 2.75) is 65.6 Å². The average molecular weight is 425 g/mol. The van der Waals surface area contributed by atoms with Gasteiger partial charge in [0.05, 0.1) is 23.7 Å². The van der Waals surface area contributed by atoms with Crippen LogP contribution in [0.2, 0.25) is 0 Å². The van der Waals surface area contributed by atoms with Crippen LogP contribution in [0.15, 0.2) is 55.0 Å². The number of nitriles is 1. The molecular weight excluding hydrogens is 392 g/mol. The van der Waals surface area contributed by atoms with Crippen LogP contribution < -0.4 is 5.32 Å². The summed E-state index contributed by atoms with van der Waals surface area (Å²) in [4.78, 5) is 4.38. The Hall–Kier alpha value is -3.16. The van der Waals surface area contributed by atoms with Crippen LogP contribution in [0.5, 0.6) is 0 Å². The van der Waals surface area contributed by atoms with Crippen LogP contribution in [0.1, 0.15) is 64.8 Å². The van der Waals surface area contributed by atoms with Gasteiger partial charge in [0.25, 0.3) is 0 Å². The summed E-state index contributed by atoms with van der Waals surface area (Å²) < 4.78 is 2.18. The lowest BCUT2D eigenvalue weighted by Gasteiger charge is -2.18. The van der Waals surface area contributed by atoms with Gasteiger partial charge in [-0.1, -0.05) is 42.3 Å². The lowest BCUT2D eigenvalue weighted by atomic mass is 9.91. The third-order valence-electron chi connectivity index (χ3n) is 6.39. The summed E-state index contributed by atoms with van der Waals surface area (Å²) in [6.45, 7) is 8.21. The average Bonchev–Trinajstić information content (AvgIpc) is 3.07. The van der Waals surface area contributed by atoms with Crippen molar-refractivity contribution in [3.05, 3.63) is 94.1 Å². The highest BCUT2D eigenvalue weighted by Gasteiger charge is 2.16. The molecule has 0 amide bonds. The number of rotatable bonds is 6. The maximum atomic E-state index is 9.00. The lowest BCUT2D eigenvalue weighted by Crippen LogP contribution is -2.27. The van der Waals surface area contributed by atoms with Crippen molar-refractivity contribution in [2.24, 2.45) is 0 Å². The topological polar surface area (TPSA) is 53.6 Å². The second kappa shape index (κ2) is 9.97. The molecule has 1 N–H and O–H groups in total. The Morgan fingerprint density at radius 1 is 1.09 bits per heavy atom. The largest absolute Gasteiger partial charge is 0.329 e. The van der Waals surface area contributed by atoms with Crippen LogP contribution >= 0.6 is 0 Å². The molecule has 1 aliphatic rings. The van der Waals surface area contributed by atoms with Gasteiger partial charge in [-0.05, 0) is 80.0 Å². The number of benzene rings is 2. The minimum Gasteiger partial charge on any atom is -0.329 e. The molecule has 32 heavy (non-hydrogen) atoms. The molecule has 1 unspecified atom stereocenters. The minimum atomic E-state index is 0.367. The summed E-state index contributed by atoms with van der Waals surface area (Å²) in [5.41, 5.74) is 10.1. The van der Waals surface area contributed by atoms with Gasteiger partial charge in [-0.25, -0.2) is 4.98 Å². The van der Waals surface area contributed by atoms with E-state index in [9.17, 15) is 0 Å². The number of aromatic nitrogens is 2. The maximum absolute atomic E-state index is 9.00. The van der Waals surface area contributed by atoms with Crippen LogP contribution in [-0.4, -0.2) is 15.6 Å². The zero-order valence-electron chi connectivity index (χ0n) is 19.4. The van der Waals surface area contributed by atoms with Crippen LogP contribution in [0, 0.1) is 32.1 Å². The van der Waals surface area contributed by atoms with Crippen LogP contribution in [0.3, 0.4) is 0 Å². The molecule has 0 saturated carbocycles. The van der Waals surface area contributed by atoms with Crippen molar-refractivity contribution in [3.63, 3.8) is 0 Å². The van der Waals surface area contributed by atoms with Crippen molar-refractivity contribution in [2.75, 3.05) is 0 Å². The van der Waals surface area contributed by atoms with Crippen molar-refractivity contribution < 1.29 is 0 Å². The molecule has 0 spiro atoms. The van der Waals surface area contributed by atoms with E-state index in [-0.39, 0.29) is 0 Å². The fraction of sp³-hybridized carbons (Fsp3) is 0.357. The molecule has 2 aromatic carbocycles. The highest BCUT2D eigenvalue weighted by atomic mass is 15.1. The van der Waals surface area contributed by atoms with Gasteiger partial charge in [-0.15, -0.1) is 0 Å². The number of allylic oxidation sites excluding steroid dienone is 1. The summed E-state index contributed by atoms with van der Waals surface area (Å²) in [7, 11) is 0. The van der Waals surface area contributed by atoms with Gasteiger partial charge < -0.3 is 9.88 Å². The van der Waals surface area contributed by atoms with Gasteiger partial charge in [-0.2, -0.15) is 5.26 Å². The van der Waals surface area contributed by atoms with E-state index in [1.165, 1.54) is 51.9 Å². The number of imidazole rings is 1. The molecule has 3 aromatic rings. The van der Waals surface area contributed by atoms with Crippen molar-refractivity contribution in [3.8, 4) is 6.07 Å². The minimum absolute atomic E-state index is 0.367. The number of aryl methyl sites for hydroxylation is 3. The monoisotopic (exact) mass is 424 g/mol. The Kier molecular flexibility index (Phi) is 6.87. The van der Waals surface area contributed by atoms with Gasteiger partial charge in [0.1, 0.15) is 0 Å². The Bertz CT molecular complexity index is 1120. The number of nitrogens with zero attached hydrogens (tertiary/aromatic N) is 3. The van der Waals surface area contributed by atoms with Gasteiger partial charge in [-0.3, -0.25) is 0 Å². The first-order valence-corrected chi connectivity index (χ1v) is 11.5. The Balaban J connectivity index is 1.47. The quantitative estimate of drug-likeness (QED) is 0.540. The Morgan fingerprint density at radius 2 is 1.84 bits per heavy atom. The van der Waals surface area contributed by atoms with Gasteiger partial charge in [0.2, 0.25) is 0 Å². The molecule has 0 saturated heterocycles. The van der Waals surface area contributed by atoms with Gasteiger partial charge in [0.15, 0.2) is 0 Å². The molecule has 0 aliphatic heterocycles. The molecule has 0 fully saturated rings. The second-order valence-electron chi connectivity index (χ2n) is 9.02. The van der Waals surface area contributed by atoms with Crippen molar-refractivity contribution in [1.82, 2.24) is 14.9 Å². The molecule has 1 aliphatic carbocycles. The first-order valence-electron chi connectivity index (χ1n) is 11.5. The van der Waals surface area contributed by atoms with E-state index in [1.54, 1.807) is 0 Å². The van der Waals surface area contributed by atoms with Crippen molar-refractivity contribution >= 4 is 5.57 Å². The predicted octanol–water partition coefficient (Wildman–Crippen LogP) is 5.84. The van der Waals surface area contributed by atoms with E-state index in [4.69, 9.17) is 5.26 Å². The summed E-state index contributed by atoms with van der Waals surface area (Å²) >= 11 is 0. The zero-order valence-corrected chi connectivity index (χ0v) is 19.4. The van der Waals surface area contributed by atoms with E-state index in [2.05, 4.69) is 59.9 Å².